The molecule has 0 radical (unpaired) electrons. The maximum atomic E-state index is 12.2. The number of halogens is 1. The second-order valence-corrected chi connectivity index (χ2v) is 7.07. The fourth-order valence-electron chi connectivity index (χ4n) is 2.20. The molecule has 0 bridgehead atoms. The average molecular weight is 502 g/mol. The van der Waals surface area contributed by atoms with Gasteiger partial charge in [0, 0.05) is 27.2 Å². The molecule has 1 amide bonds. The summed E-state index contributed by atoms with van der Waals surface area (Å²) in [6, 6.07) is 0. The number of rotatable bonds is 11. The van der Waals surface area contributed by atoms with Gasteiger partial charge in [-0.1, -0.05) is 13.8 Å². The van der Waals surface area contributed by atoms with Crippen LogP contribution in [-0.4, -0.2) is 70.3 Å². The van der Waals surface area contributed by atoms with Gasteiger partial charge in [-0.15, -0.1) is 24.0 Å². The van der Waals surface area contributed by atoms with Crippen molar-refractivity contribution in [2.24, 2.45) is 4.99 Å². The summed E-state index contributed by atoms with van der Waals surface area (Å²) in [5.74, 6) is 0.664. The fraction of sp³-hybridized carbons (Fsp3) is 0.889. The molecule has 0 aliphatic heterocycles. The first-order valence-electron chi connectivity index (χ1n) is 9.24. The van der Waals surface area contributed by atoms with Gasteiger partial charge in [0.05, 0.1) is 25.4 Å². The van der Waals surface area contributed by atoms with Crippen LogP contribution in [0.4, 0.5) is 4.79 Å². The summed E-state index contributed by atoms with van der Waals surface area (Å²) < 4.78 is 15.7. The summed E-state index contributed by atoms with van der Waals surface area (Å²) in [6.45, 7) is 12.5. The highest BCUT2D eigenvalue weighted by Crippen LogP contribution is 2.16. The lowest BCUT2D eigenvalue weighted by atomic mass is 9.93. The number of hydrogen-bond acceptors (Lipinski definition) is 5. The molecule has 0 saturated carbocycles. The van der Waals surface area contributed by atoms with Crippen molar-refractivity contribution in [3.63, 3.8) is 0 Å². The zero-order chi connectivity index (χ0) is 20.1. The highest BCUT2D eigenvalue weighted by molar-refractivity contribution is 14.0. The molecular weight excluding hydrogens is 463 g/mol. The second kappa shape index (κ2) is 15.2. The Morgan fingerprint density at radius 1 is 1.04 bits per heavy atom. The number of amides is 1. The zero-order valence-electron chi connectivity index (χ0n) is 17.9. The van der Waals surface area contributed by atoms with E-state index in [1.807, 2.05) is 34.6 Å². The lowest BCUT2D eigenvalue weighted by molar-refractivity contribution is 0.0448. The highest BCUT2D eigenvalue weighted by atomic mass is 127. The van der Waals surface area contributed by atoms with E-state index in [0.29, 0.717) is 38.9 Å². The van der Waals surface area contributed by atoms with Gasteiger partial charge in [0.1, 0.15) is 5.60 Å². The number of nitrogens with zero attached hydrogens (tertiary/aromatic N) is 1. The van der Waals surface area contributed by atoms with Gasteiger partial charge in [0.15, 0.2) is 5.96 Å². The van der Waals surface area contributed by atoms with Gasteiger partial charge in [0.25, 0.3) is 0 Å². The van der Waals surface area contributed by atoms with Gasteiger partial charge in [0.2, 0.25) is 0 Å². The molecule has 27 heavy (non-hydrogen) atoms. The van der Waals surface area contributed by atoms with Gasteiger partial charge in [-0.25, -0.2) is 4.79 Å². The van der Waals surface area contributed by atoms with Crippen molar-refractivity contribution in [2.75, 3.05) is 47.1 Å². The largest absolute Gasteiger partial charge is 0.444 e. The number of alkyl carbamates (subject to hydrolysis) is 1. The molecule has 0 rings (SSSR count). The van der Waals surface area contributed by atoms with Crippen molar-refractivity contribution in [1.29, 1.82) is 0 Å². The molecule has 0 atom stereocenters. The summed E-state index contributed by atoms with van der Waals surface area (Å²) in [5, 5.41) is 9.47. The van der Waals surface area contributed by atoms with E-state index in [1.54, 1.807) is 14.2 Å². The number of methoxy groups -OCH3 is 1. The molecule has 162 valence electrons. The Labute approximate surface area is 181 Å². The molecule has 0 aliphatic rings. The Balaban J connectivity index is 0. The second-order valence-electron chi connectivity index (χ2n) is 7.07. The third-order valence-electron chi connectivity index (χ3n) is 3.91. The van der Waals surface area contributed by atoms with Crippen LogP contribution in [0.25, 0.3) is 0 Å². The smallest absolute Gasteiger partial charge is 0.408 e. The van der Waals surface area contributed by atoms with E-state index in [-0.39, 0.29) is 24.0 Å². The Morgan fingerprint density at radius 2 is 1.67 bits per heavy atom. The van der Waals surface area contributed by atoms with Crippen LogP contribution in [0.1, 0.15) is 47.5 Å². The third kappa shape index (κ3) is 13.9. The zero-order valence-corrected chi connectivity index (χ0v) is 20.3. The minimum absolute atomic E-state index is 0. The topological polar surface area (TPSA) is 93.2 Å². The minimum Gasteiger partial charge on any atom is -0.444 e. The van der Waals surface area contributed by atoms with E-state index in [4.69, 9.17) is 14.2 Å². The number of hydrogen-bond donors (Lipinski definition) is 3. The normalized spacial score (nSPS) is 12.2. The number of aliphatic imine (C=N–C) groups is 1. The number of carbonyl (C=O) groups excluding carboxylic acids is 1. The Bertz CT molecular complexity index is 424. The summed E-state index contributed by atoms with van der Waals surface area (Å²) in [6.07, 6.45) is 1.14. The monoisotopic (exact) mass is 502 g/mol. The molecule has 0 heterocycles. The van der Waals surface area contributed by atoms with Crippen molar-refractivity contribution >= 4 is 36.0 Å². The average Bonchev–Trinajstić information content (AvgIpc) is 2.57. The first-order valence-corrected chi connectivity index (χ1v) is 9.24. The van der Waals surface area contributed by atoms with Gasteiger partial charge in [-0.3, -0.25) is 4.99 Å². The molecule has 0 spiro atoms. The maximum Gasteiger partial charge on any atom is 0.408 e. The Morgan fingerprint density at radius 3 is 2.15 bits per heavy atom. The van der Waals surface area contributed by atoms with E-state index in [0.717, 1.165) is 12.8 Å². The SMILES string of the molecule is CCC(CC)(CNC(=NC)NCCOCCOC)NC(=O)OC(C)(C)C.I. The van der Waals surface area contributed by atoms with E-state index < -0.39 is 17.2 Å². The fourth-order valence-corrected chi connectivity index (χ4v) is 2.20. The number of carbonyl (C=O) groups is 1. The van der Waals surface area contributed by atoms with Crippen LogP contribution < -0.4 is 16.0 Å². The van der Waals surface area contributed by atoms with Crippen LogP contribution in [0.3, 0.4) is 0 Å². The van der Waals surface area contributed by atoms with Crippen LogP contribution in [0.15, 0.2) is 4.99 Å². The molecule has 9 heteroatoms. The first kappa shape index (κ1) is 28.4. The van der Waals surface area contributed by atoms with Crippen molar-refractivity contribution in [3.8, 4) is 0 Å². The van der Waals surface area contributed by atoms with E-state index in [1.165, 1.54) is 0 Å². The molecule has 0 saturated heterocycles. The number of nitrogens with one attached hydrogen (secondary N) is 3. The lowest BCUT2D eigenvalue weighted by Gasteiger charge is -2.34. The summed E-state index contributed by atoms with van der Waals surface area (Å²) in [7, 11) is 3.36. The molecular formula is C18H39IN4O4. The number of guanidine groups is 1. The van der Waals surface area contributed by atoms with Crippen LogP contribution in [0.5, 0.6) is 0 Å². The van der Waals surface area contributed by atoms with Crippen LogP contribution in [0, 0.1) is 0 Å². The van der Waals surface area contributed by atoms with Crippen molar-refractivity contribution < 1.29 is 19.0 Å². The molecule has 0 aliphatic carbocycles. The summed E-state index contributed by atoms with van der Waals surface area (Å²) in [5.41, 5.74) is -0.930. The lowest BCUT2D eigenvalue weighted by Crippen LogP contribution is -2.57. The molecule has 0 aromatic carbocycles. The van der Waals surface area contributed by atoms with Crippen LogP contribution in [0.2, 0.25) is 0 Å². The molecule has 0 aromatic heterocycles. The molecule has 0 aromatic rings. The van der Waals surface area contributed by atoms with Crippen molar-refractivity contribution in [3.05, 3.63) is 0 Å². The van der Waals surface area contributed by atoms with Crippen molar-refractivity contribution in [1.82, 2.24) is 16.0 Å². The maximum absolute atomic E-state index is 12.2. The van der Waals surface area contributed by atoms with E-state index in [9.17, 15) is 4.79 Å². The standard InChI is InChI=1S/C18H38N4O4.HI/c1-8-18(9-2,22-16(23)26-17(3,4)5)14-21-15(19-6)20-10-11-25-13-12-24-7;/h8-14H2,1-7H3,(H,22,23)(H2,19,20,21);1H. The molecule has 0 fully saturated rings. The molecule has 8 nitrogen and oxygen atoms in total. The van der Waals surface area contributed by atoms with E-state index in [2.05, 4.69) is 20.9 Å². The van der Waals surface area contributed by atoms with Gasteiger partial charge < -0.3 is 30.2 Å². The van der Waals surface area contributed by atoms with Crippen LogP contribution >= 0.6 is 24.0 Å². The quantitative estimate of drug-likeness (QED) is 0.174. The first-order chi connectivity index (χ1) is 12.2. The molecule has 3 N–H and O–H groups in total. The van der Waals surface area contributed by atoms with Gasteiger partial charge >= 0.3 is 6.09 Å². The van der Waals surface area contributed by atoms with Crippen LogP contribution in [-0.2, 0) is 14.2 Å². The third-order valence-corrected chi connectivity index (χ3v) is 3.91. The van der Waals surface area contributed by atoms with Crippen molar-refractivity contribution in [2.45, 2.75) is 58.6 Å². The predicted molar refractivity (Wildman–Crippen MR) is 120 cm³/mol. The summed E-state index contributed by atoms with van der Waals surface area (Å²) >= 11 is 0. The summed E-state index contributed by atoms with van der Waals surface area (Å²) in [4.78, 5) is 16.4. The molecule has 0 unspecified atom stereocenters. The Kier molecular flexibility index (Phi) is 15.9. The Hall–Kier alpha value is -0.810. The predicted octanol–water partition coefficient (Wildman–Crippen LogP) is 2.52. The minimum atomic E-state index is -0.523. The highest BCUT2D eigenvalue weighted by Gasteiger charge is 2.30. The van der Waals surface area contributed by atoms with E-state index >= 15 is 0 Å². The van der Waals surface area contributed by atoms with Gasteiger partial charge in [-0.2, -0.15) is 0 Å². The van der Waals surface area contributed by atoms with Gasteiger partial charge in [-0.05, 0) is 33.6 Å². The number of ether oxygens (including phenoxy) is 3.